The summed E-state index contributed by atoms with van der Waals surface area (Å²) in [6, 6.07) is 0.616. The molecule has 0 aliphatic heterocycles. The normalized spacial score (nSPS) is 18.4. The van der Waals surface area contributed by atoms with Gasteiger partial charge in [0, 0.05) is 13.2 Å². The van der Waals surface area contributed by atoms with E-state index in [1.54, 1.807) is 0 Å². The van der Waals surface area contributed by atoms with Crippen molar-refractivity contribution in [3.63, 3.8) is 0 Å². The first-order valence-electron chi connectivity index (χ1n) is 6.57. The Morgan fingerprint density at radius 1 is 1.18 bits per heavy atom. The molecule has 1 aliphatic rings. The second kappa shape index (κ2) is 8.06. The maximum atomic E-state index is 11.5. The molecule has 0 radical (unpaired) electrons. The van der Waals surface area contributed by atoms with Crippen molar-refractivity contribution < 1.29 is 13.2 Å². The van der Waals surface area contributed by atoms with E-state index in [1.807, 2.05) is 0 Å². The molecule has 0 amide bonds. The average Bonchev–Trinajstić information content (AvgIpc) is 2.34. The fourth-order valence-electron chi connectivity index (χ4n) is 2.22. The molecule has 0 saturated heterocycles. The lowest BCUT2D eigenvalue weighted by molar-refractivity contribution is 0.217. The molecule has 0 bridgehead atoms. The molecule has 17 heavy (non-hydrogen) atoms. The predicted molar refractivity (Wildman–Crippen MR) is 70.0 cm³/mol. The lowest BCUT2D eigenvalue weighted by atomic mass is 9.95. The topological polar surface area (TPSA) is 55.4 Å². The van der Waals surface area contributed by atoms with Crippen LogP contribution in [0.3, 0.4) is 0 Å². The minimum absolute atomic E-state index is 0.146. The van der Waals surface area contributed by atoms with E-state index in [-0.39, 0.29) is 11.5 Å². The summed E-state index contributed by atoms with van der Waals surface area (Å²) in [6.45, 7) is 1.12. The van der Waals surface area contributed by atoms with Crippen molar-refractivity contribution in [2.24, 2.45) is 0 Å². The van der Waals surface area contributed by atoms with Crippen LogP contribution in [0.4, 0.5) is 0 Å². The van der Waals surface area contributed by atoms with E-state index in [1.165, 1.54) is 39.2 Å². The Kier molecular flexibility index (Phi) is 7.08. The van der Waals surface area contributed by atoms with Gasteiger partial charge < -0.3 is 10.1 Å². The highest BCUT2D eigenvalue weighted by atomic mass is 32.2. The zero-order valence-electron chi connectivity index (χ0n) is 10.8. The van der Waals surface area contributed by atoms with Gasteiger partial charge in [-0.15, -0.1) is 0 Å². The number of nitrogens with one attached hydrogen (secondary N) is 1. The molecule has 0 aromatic heterocycles. The number of hydrogen-bond donors (Lipinski definition) is 1. The molecule has 0 unspecified atom stereocenters. The van der Waals surface area contributed by atoms with Crippen LogP contribution in [-0.4, -0.2) is 46.2 Å². The van der Waals surface area contributed by atoms with Gasteiger partial charge in [-0.05, 0) is 25.8 Å². The van der Waals surface area contributed by atoms with Gasteiger partial charge in [0.1, 0.15) is 0 Å². The maximum Gasteiger partial charge on any atom is 0.152 e. The first-order valence-corrected chi connectivity index (χ1v) is 8.39. The third-order valence-electron chi connectivity index (χ3n) is 3.27. The van der Waals surface area contributed by atoms with Crippen LogP contribution in [0.5, 0.6) is 0 Å². The minimum atomic E-state index is -2.91. The minimum Gasteiger partial charge on any atom is -0.384 e. The van der Waals surface area contributed by atoms with Gasteiger partial charge in [0.2, 0.25) is 0 Å². The summed E-state index contributed by atoms with van der Waals surface area (Å²) in [7, 11) is -1.38. The molecule has 4 nitrogen and oxygen atoms in total. The molecule has 1 saturated carbocycles. The van der Waals surface area contributed by atoms with E-state index in [0.29, 0.717) is 19.1 Å². The van der Waals surface area contributed by atoms with Crippen molar-refractivity contribution in [3.8, 4) is 0 Å². The van der Waals surface area contributed by atoms with Gasteiger partial charge in [0.05, 0.1) is 18.1 Å². The predicted octanol–water partition coefficient (Wildman–Crippen LogP) is 1.36. The van der Waals surface area contributed by atoms with E-state index in [9.17, 15) is 8.42 Å². The first kappa shape index (κ1) is 14.9. The molecular formula is C12H25NO3S. The van der Waals surface area contributed by atoms with Gasteiger partial charge >= 0.3 is 0 Å². The Morgan fingerprint density at radius 2 is 1.88 bits per heavy atom. The van der Waals surface area contributed by atoms with Crippen molar-refractivity contribution in [2.45, 2.75) is 44.6 Å². The van der Waals surface area contributed by atoms with Gasteiger partial charge in [-0.3, -0.25) is 0 Å². The second-order valence-electron chi connectivity index (χ2n) is 4.79. The summed E-state index contributed by atoms with van der Waals surface area (Å²) in [5, 5.41) is 3.45. The number of rotatable bonds is 8. The highest BCUT2D eigenvalue weighted by Crippen LogP contribution is 2.17. The molecule has 1 fully saturated rings. The number of methoxy groups -OCH3 is 1. The lowest BCUT2D eigenvalue weighted by Gasteiger charge is -2.22. The van der Waals surface area contributed by atoms with Crippen molar-refractivity contribution in [1.82, 2.24) is 5.32 Å². The van der Waals surface area contributed by atoms with Gasteiger partial charge in [0.25, 0.3) is 0 Å². The Morgan fingerprint density at radius 3 is 2.53 bits per heavy atom. The van der Waals surface area contributed by atoms with Crippen LogP contribution in [0.1, 0.15) is 38.5 Å². The summed E-state index contributed by atoms with van der Waals surface area (Å²) in [5.41, 5.74) is 0. The molecule has 5 heteroatoms. The average molecular weight is 263 g/mol. The summed E-state index contributed by atoms with van der Waals surface area (Å²) >= 11 is 0. The highest BCUT2D eigenvalue weighted by molar-refractivity contribution is 7.91. The monoisotopic (exact) mass is 263 g/mol. The largest absolute Gasteiger partial charge is 0.384 e. The Hall–Kier alpha value is -0.130. The van der Waals surface area contributed by atoms with Crippen molar-refractivity contribution in [3.05, 3.63) is 0 Å². The Balaban J connectivity index is 2.06. The quantitative estimate of drug-likeness (QED) is 0.672. The summed E-state index contributed by atoms with van der Waals surface area (Å²) in [4.78, 5) is 0. The zero-order valence-corrected chi connectivity index (χ0v) is 11.6. The van der Waals surface area contributed by atoms with Crippen LogP contribution < -0.4 is 5.32 Å². The molecule has 0 atom stereocenters. The molecule has 1 rings (SSSR count). The van der Waals surface area contributed by atoms with Gasteiger partial charge in [-0.2, -0.15) is 0 Å². The number of sulfone groups is 1. The molecule has 1 aliphatic carbocycles. The van der Waals surface area contributed by atoms with Crippen LogP contribution in [0.25, 0.3) is 0 Å². The zero-order chi connectivity index (χ0) is 12.6. The van der Waals surface area contributed by atoms with Crippen molar-refractivity contribution in [2.75, 3.05) is 31.8 Å². The van der Waals surface area contributed by atoms with Crippen LogP contribution in [0, 0.1) is 0 Å². The summed E-state index contributed by atoms with van der Waals surface area (Å²) in [6.07, 6.45) is 7.17. The molecule has 0 heterocycles. The lowest BCUT2D eigenvalue weighted by Crippen LogP contribution is -2.32. The highest BCUT2D eigenvalue weighted by Gasteiger charge is 2.13. The maximum absolute atomic E-state index is 11.5. The Labute approximate surface area is 105 Å². The van der Waals surface area contributed by atoms with Crippen LogP contribution in [0.2, 0.25) is 0 Å². The third kappa shape index (κ3) is 7.01. The van der Waals surface area contributed by atoms with E-state index < -0.39 is 9.84 Å². The summed E-state index contributed by atoms with van der Waals surface area (Å²) < 4.78 is 27.8. The fraction of sp³-hybridized carbons (Fsp3) is 1.00. The molecular weight excluding hydrogens is 238 g/mol. The standard InChI is InChI=1S/C12H25NO3S/c1-16-9-11-17(14,15)10-5-8-13-12-6-3-2-4-7-12/h12-13H,2-11H2,1H3. The Bertz CT molecular complexity index is 284. The molecule has 0 aromatic carbocycles. The molecule has 0 spiro atoms. The molecule has 102 valence electrons. The smallest absolute Gasteiger partial charge is 0.152 e. The SMILES string of the molecule is COCCS(=O)(=O)CCCNC1CCCCC1. The van der Waals surface area contributed by atoms with E-state index in [4.69, 9.17) is 4.74 Å². The van der Waals surface area contributed by atoms with E-state index >= 15 is 0 Å². The van der Waals surface area contributed by atoms with Crippen LogP contribution in [0.15, 0.2) is 0 Å². The van der Waals surface area contributed by atoms with Crippen LogP contribution in [-0.2, 0) is 14.6 Å². The number of hydrogen-bond acceptors (Lipinski definition) is 4. The van der Waals surface area contributed by atoms with Gasteiger partial charge in [0.15, 0.2) is 9.84 Å². The van der Waals surface area contributed by atoms with Gasteiger partial charge in [-0.25, -0.2) is 8.42 Å². The summed E-state index contributed by atoms with van der Waals surface area (Å²) in [5.74, 6) is 0.420. The van der Waals surface area contributed by atoms with Crippen molar-refractivity contribution in [1.29, 1.82) is 0 Å². The fourth-order valence-corrected chi connectivity index (χ4v) is 3.43. The molecule has 0 aromatic rings. The second-order valence-corrected chi connectivity index (χ2v) is 7.09. The first-order chi connectivity index (χ1) is 8.14. The van der Waals surface area contributed by atoms with E-state index in [0.717, 1.165) is 6.54 Å². The van der Waals surface area contributed by atoms with Gasteiger partial charge in [-0.1, -0.05) is 19.3 Å². The number of ether oxygens (including phenoxy) is 1. The third-order valence-corrected chi connectivity index (χ3v) is 4.97. The van der Waals surface area contributed by atoms with Crippen molar-refractivity contribution >= 4 is 9.84 Å². The van der Waals surface area contributed by atoms with E-state index in [2.05, 4.69) is 5.32 Å². The molecule has 1 N–H and O–H groups in total. The van der Waals surface area contributed by atoms with Crippen LogP contribution >= 0.6 is 0 Å².